The molecular formula is C24H24FN5O3. The van der Waals surface area contributed by atoms with Crippen molar-refractivity contribution in [3.63, 3.8) is 0 Å². The van der Waals surface area contributed by atoms with Gasteiger partial charge in [0.2, 0.25) is 5.95 Å². The molecule has 0 spiro atoms. The molecule has 0 aliphatic carbocycles. The third kappa shape index (κ3) is 3.40. The molecule has 2 aromatic carbocycles. The van der Waals surface area contributed by atoms with Gasteiger partial charge in [0.25, 0.3) is 5.56 Å². The van der Waals surface area contributed by atoms with Crippen LogP contribution in [0.5, 0.6) is 5.75 Å². The van der Waals surface area contributed by atoms with E-state index >= 15 is 0 Å². The number of halogens is 1. The molecule has 0 N–H and O–H groups in total. The topological polar surface area (TPSA) is 74.3 Å². The van der Waals surface area contributed by atoms with E-state index in [-0.39, 0.29) is 18.3 Å². The van der Waals surface area contributed by atoms with E-state index in [2.05, 4.69) is 6.92 Å². The normalized spacial score (nSPS) is 15.6. The number of fused-ring (bicyclic) bond motifs is 3. The van der Waals surface area contributed by atoms with Crippen LogP contribution in [0.25, 0.3) is 11.2 Å². The Labute approximate surface area is 189 Å². The van der Waals surface area contributed by atoms with Gasteiger partial charge < -0.3 is 14.2 Å². The second-order valence-electron chi connectivity index (χ2n) is 8.44. The predicted molar refractivity (Wildman–Crippen MR) is 124 cm³/mol. The van der Waals surface area contributed by atoms with E-state index < -0.39 is 11.2 Å². The Bertz CT molecular complexity index is 1470. The molecule has 0 fully saturated rings. The standard InChI is InChI=1S/C24H24FN5O3/c1-15-12-28(18-6-4-5-7-19(18)33-3)23-26-21-20(29(23)13-15)22(31)30(24(32)27(21)2)14-16-8-10-17(25)11-9-16/h4-11,15H,12-14H2,1-3H3. The van der Waals surface area contributed by atoms with Gasteiger partial charge in [-0.15, -0.1) is 0 Å². The number of nitrogens with zero attached hydrogens (tertiary/aromatic N) is 5. The first-order valence-corrected chi connectivity index (χ1v) is 10.7. The van der Waals surface area contributed by atoms with Gasteiger partial charge in [0.05, 0.1) is 19.3 Å². The Kier molecular flexibility index (Phi) is 5.03. The van der Waals surface area contributed by atoms with Gasteiger partial charge in [0, 0.05) is 20.1 Å². The third-order valence-corrected chi connectivity index (χ3v) is 6.07. The number of hydrogen-bond acceptors (Lipinski definition) is 5. The van der Waals surface area contributed by atoms with E-state index in [1.54, 1.807) is 26.3 Å². The fraction of sp³-hybridized carbons (Fsp3) is 0.292. The van der Waals surface area contributed by atoms with Crippen molar-refractivity contribution in [2.24, 2.45) is 13.0 Å². The molecule has 1 atom stereocenters. The molecule has 1 unspecified atom stereocenters. The molecule has 0 amide bonds. The molecule has 8 nitrogen and oxygen atoms in total. The fourth-order valence-electron chi connectivity index (χ4n) is 4.47. The van der Waals surface area contributed by atoms with E-state index in [0.717, 1.165) is 5.69 Å². The van der Waals surface area contributed by atoms with Crippen LogP contribution in [0, 0.1) is 11.7 Å². The summed E-state index contributed by atoms with van der Waals surface area (Å²) in [7, 11) is 3.23. The van der Waals surface area contributed by atoms with E-state index in [1.807, 2.05) is 33.7 Å². The lowest BCUT2D eigenvalue weighted by molar-refractivity contribution is 0.409. The number of imidazole rings is 1. The summed E-state index contributed by atoms with van der Waals surface area (Å²) in [6.07, 6.45) is 0. The van der Waals surface area contributed by atoms with Crippen molar-refractivity contribution in [3.8, 4) is 5.75 Å². The zero-order valence-electron chi connectivity index (χ0n) is 18.7. The van der Waals surface area contributed by atoms with Crippen molar-refractivity contribution in [3.05, 3.63) is 80.7 Å². The van der Waals surface area contributed by atoms with E-state index in [4.69, 9.17) is 9.72 Å². The van der Waals surface area contributed by atoms with Gasteiger partial charge in [0.1, 0.15) is 11.6 Å². The van der Waals surface area contributed by atoms with Crippen LogP contribution in [0.4, 0.5) is 16.0 Å². The first-order chi connectivity index (χ1) is 15.9. The van der Waals surface area contributed by atoms with Crippen LogP contribution < -0.4 is 20.9 Å². The zero-order valence-corrected chi connectivity index (χ0v) is 18.7. The van der Waals surface area contributed by atoms with Crippen molar-refractivity contribution in [1.82, 2.24) is 18.7 Å². The summed E-state index contributed by atoms with van der Waals surface area (Å²) in [6.45, 7) is 3.45. The Morgan fingerprint density at radius 2 is 1.82 bits per heavy atom. The van der Waals surface area contributed by atoms with Crippen molar-refractivity contribution in [2.75, 3.05) is 18.6 Å². The molecule has 1 aliphatic heterocycles. The van der Waals surface area contributed by atoms with Gasteiger partial charge >= 0.3 is 5.69 Å². The molecule has 0 bridgehead atoms. The summed E-state index contributed by atoms with van der Waals surface area (Å²) in [5.41, 5.74) is 1.34. The number of para-hydroxylation sites is 2. The van der Waals surface area contributed by atoms with Crippen molar-refractivity contribution < 1.29 is 9.13 Å². The van der Waals surface area contributed by atoms with Crippen molar-refractivity contribution in [1.29, 1.82) is 0 Å². The number of hydrogen-bond donors (Lipinski definition) is 0. The second-order valence-corrected chi connectivity index (χ2v) is 8.44. The molecule has 9 heteroatoms. The van der Waals surface area contributed by atoms with Crippen LogP contribution in [0.15, 0.2) is 58.1 Å². The molecule has 0 saturated heterocycles. The average molecular weight is 449 g/mol. The monoisotopic (exact) mass is 449 g/mol. The number of rotatable bonds is 4. The highest BCUT2D eigenvalue weighted by Crippen LogP contribution is 2.37. The molecule has 2 aromatic heterocycles. The first-order valence-electron chi connectivity index (χ1n) is 10.7. The lowest BCUT2D eigenvalue weighted by Gasteiger charge is -2.33. The summed E-state index contributed by atoms with van der Waals surface area (Å²) in [5, 5.41) is 0. The highest BCUT2D eigenvalue weighted by molar-refractivity contribution is 5.78. The maximum Gasteiger partial charge on any atom is 0.332 e. The third-order valence-electron chi connectivity index (χ3n) is 6.07. The summed E-state index contributed by atoms with van der Waals surface area (Å²) in [6, 6.07) is 13.4. The van der Waals surface area contributed by atoms with Gasteiger partial charge in [0.15, 0.2) is 11.2 Å². The molecule has 0 radical (unpaired) electrons. The first kappa shape index (κ1) is 21.0. The SMILES string of the molecule is COc1ccccc1N1CC(C)Cn2c1nc1c2c(=O)n(Cc2ccc(F)cc2)c(=O)n1C. The number of aromatic nitrogens is 4. The number of methoxy groups -OCH3 is 1. The summed E-state index contributed by atoms with van der Waals surface area (Å²) in [4.78, 5) is 33.4. The largest absolute Gasteiger partial charge is 0.495 e. The minimum absolute atomic E-state index is 0.0496. The molecule has 4 aromatic rings. The van der Waals surface area contributed by atoms with Crippen LogP contribution in [0.3, 0.4) is 0 Å². The second kappa shape index (κ2) is 7.91. The van der Waals surface area contributed by atoms with Crippen molar-refractivity contribution in [2.45, 2.75) is 20.0 Å². The predicted octanol–water partition coefficient (Wildman–Crippen LogP) is 2.88. The van der Waals surface area contributed by atoms with Crippen LogP contribution >= 0.6 is 0 Å². The number of benzene rings is 2. The van der Waals surface area contributed by atoms with Crippen LogP contribution in [0.2, 0.25) is 0 Å². The molecule has 0 saturated carbocycles. The Morgan fingerprint density at radius 3 is 2.55 bits per heavy atom. The highest BCUT2D eigenvalue weighted by Gasteiger charge is 2.31. The van der Waals surface area contributed by atoms with Gasteiger partial charge in [-0.25, -0.2) is 9.18 Å². The molecular weight excluding hydrogens is 425 g/mol. The quantitative estimate of drug-likeness (QED) is 0.479. The van der Waals surface area contributed by atoms with Gasteiger partial charge in [-0.1, -0.05) is 31.2 Å². The molecule has 33 heavy (non-hydrogen) atoms. The minimum atomic E-state index is -0.468. The number of aryl methyl sites for hydroxylation is 1. The molecule has 3 heterocycles. The Hall–Kier alpha value is -3.88. The molecule has 170 valence electrons. The zero-order chi connectivity index (χ0) is 23.3. The van der Waals surface area contributed by atoms with E-state index in [1.165, 1.54) is 21.3 Å². The summed E-state index contributed by atoms with van der Waals surface area (Å²) in [5.74, 6) is 1.15. The Morgan fingerprint density at radius 1 is 1.09 bits per heavy atom. The minimum Gasteiger partial charge on any atom is -0.495 e. The van der Waals surface area contributed by atoms with Gasteiger partial charge in [-0.05, 0) is 35.7 Å². The average Bonchev–Trinajstić information content (AvgIpc) is 3.20. The molecule has 1 aliphatic rings. The maximum absolute atomic E-state index is 13.6. The lowest BCUT2D eigenvalue weighted by Crippen LogP contribution is -2.40. The highest BCUT2D eigenvalue weighted by atomic mass is 19.1. The summed E-state index contributed by atoms with van der Waals surface area (Å²) < 4.78 is 23.3. The van der Waals surface area contributed by atoms with Crippen molar-refractivity contribution >= 4 is 22.8 Å². The smallest absolute Gasteiger partial charge is 0.332 e. The number of anilines is 2. The van der Waals surface area contributed by atoms with E-state index in [0.29, 0.717) is 41.5 Å². The lowest BCUT2D eigenvalue weighted by atomic mass is 10.1. The fourth-order valence-corrected chi connectivity index (χ4v) is 4.47. The Balaban J connectivity index is 1.72. The van der Waals surface area contributed by atoms with Crippen LogP contribution in [0.1, 0.15) is 12.5 Å². The molecule has 5 rings (SSSR count). The summed E-state index contributed by atoms with van der Waals surface area (Å²) >= 11 is 0. The number of ether oxygens (including phenoxy) is 1. The van der Waals surface area contributed by atoms with Gasteiger partial charge in [-0.2, -0.15) is 4.98 Å². The van der Waals surface area contributed by atoms with Crippen LogP contribution in [-0.2, 0) is 20.1 Å². The van der Waals surface area contributed by atoms with Gasteiger partial charge in [-0.3, -0.25) is 13.9 Å². The van der Waals surface area contributed by atoms with E-state index in [9.17, 15) is 14.0 Å². The van der Waals surface area contributed by atoms with Crippen LogP contribution in [-0.4, -0.2) is 32.3 Å². The maximum atomic E-state index is 13.6.